The molecule has 1 fully saturated rings. The van der Waals surface area contributed by atoms with Gasteiger partial charge in [-0.15, -0.1) is 0 Å². The van der Waals surface area contributed by atoms with Crippen LogP contribution in [0.3, 0.4) is 0 Å². The first-order valence-corrected chi connectivity index (χ1v) is 8.93. The third-order valence-electron chi connectivity index (χ3n) is 4.57. The second-order valence-corrected chi connectivity index (χ2v) is 6.51. The minimum Gasteiger partial charge on any atom is -0.459 e. The molecule has 0 N–H and O–H groups in total. The molecule has 1 atom stereocenters. The van der Waals surface area contributed by atoms with Gasteiger partial charge in [0, 0.05) is 25.1 Å². The predicted molar refractivity (Wildman–Crippen MR) is 94.1 cm³/mol. The zero-order valence-electron chi connectivity index (χ0n) is 15.1. The number of ether oxygens (including phenoxy) is 1. The Morgan fingerprint density at radius 3 is 2.92 bits per heavy atom. The topological polar surface area (TPSA) is 85.5 Å². The van der Waals surface area contributed by atoms with Crippen LogP contribution in [0.1, 0.15) is 31.2 Å². The molecule has 1 aromatic carbocycles. The third-order valence-corrected chi connectivity index (χ3v) is 4.57. The Labute approximate surface area is 152 Å². The van der Waals surface area contributed by atoms with Crippen LogP contribution < -0.4 is 0 Å². The maximum Gasteiger partial charge on any atom is 0.397 e. The number of rotatable bonds is 4. The van der Waals surface area contributed by atoms with E-state index in [4.69, 9.17) is 9.26 Å². The number of carbonyl (C=O) groups excluding carboxylic acids is 2. The summed E-state index contributed by atoms with van der Waals surface area (Å²) in [5.74, 6) is -0.0326. The molecule has 1 aliphatic rings. The van der Waals surface area contributed by atoms with Gasteiger partial charge in [0.2, 0.25) is 11.7 Å². The van der Waals surface area contributed by atoms with E-state index in [9.17, 15) is 9.59 Å². The molecule has 2 aromatic rings. The van der Waals surface area contributed by atoms with Crippen molar-refractivity contribution >= 4 is 11.9 Å². The van der Waals surface area contributed by atoms with Gasteiger partial charge in [-0.3, -0.25) is 4.79 Å². The Bertz CT molecular complexity index is 787. The number of hydrogen-bond donors (Lipinski definition) is 0. The molecular weight excluding hydrogens is 334 g/mol. The average Bonchev–Trinajstić information content (AvgIpc) is 3.10. The highest BCUT2D eigenvalue weighted by Crippen LogP contribution is 2.23. The summed E-state index contributed by atoms with van der Waals surface area (Å²) in [6, 6.07) is 7.88. The molecular formula is C19H23N3O4. The van der Waals surface area contributed by atoms with Gasteiger partial charge in [-0.2, -0.15) is 4.98 Å². The molecule has 0 saturated carbocycles. The van der Waals surface area contributed by atoms with Gasteiger partial charge in [0.15, 0.2) is 0 Å². The van der Waals surface area contributed by atoms with Crippen LogP contribution in [0.5, 0.6) is 0 Å². The highest BCUT2D eigenvalue weighted by Gasteiger charge is 2.29. The van der Waals surface area contributed by atoms with Crippen LogP contribution >= 0.6 is 0 Å². The van der Waals surface area contributed by atoms with Crippen LogP contribution in [0.25, 0.3) is 11.4 Å². The second kappa shape index (κ2) is 8.12. The number of benzene rings is 1. The summed E-state index contributed by atoms with van der Waals surface area (Å²) < 4.78 is 10.2. The van der Waals surface area contributed by atoms with Gasteiger partial charge in [-0.1, -0.05) is 29.4 Å². The lowest BCUT2D eigenvalue weighted by atomic mass is 9.94. The zero-order valence-corrected chi connectivity index (χ0v) is 15.1. The van der Waals surface area contributed by atoms with Gasteiger partial charge in [-0.25, -0.2) is 4.79 Å². The van der Waals surface area contributed by atoms with Crippen LogP contribution in [0.4, 0.5) is 0 Å². The van der Waals surface area contributed by atoms with Crippen molar-refractivity contribution in [2.45, 2.75) is 33.1 Å². The molecule has 26 heavy (non-hydrogen) atoms. The number of carbonyl (C=O) groups is 2. The van der Waals surface area contributed by atoms with E-state index in [1.807, 2.05) is 31.2 Å². The van der Waals surface area contributed by atoms with Crippen molar-refractivity contribution in [2.24, 2.45) is 5.92 Å². The quantitative estimate of drug-likeness (QED) is 0.617. The zero-order chi connectivity index (χ0) is 18.5. The van der Waals surface area contributed by atoms with Crippen molar-refractivity contribution < 1.29 is 18.8 Å². The smallest absolute Gasteiger partial charge is 0.397 e. The normalized spacial score (nSPS) is 17.2. The fourth-order valence-corrected chi connectivity index (χ4v) is 3.26. The lowest BCUT2D eigenvalue weighted by Crippen LogP contribution is -2.44. The van der Waals surface area contributed by atoms with Crippen molar-refractivity contribution in [3.63, 3.8) is 0 Å². The molecule has 1 unspecified atom stereocenters. The lowest BCUT2D eigenvalue weighted by Gasteiger charge is -2.31. The number of nitrogens with zero attached hydrogens (tertiary/aromatic N) is 3. The molecule has 0 radical (unpaired) electrons. The molecule has 3 rings (SSSR count). The SMILES string of the molecule is CCOC(=O)C(=O)N1CCCC(Cc2nc(-c3ccccc3C)no2)C1. The van der Waals surface area contributed by atoms with E-state index in [-0.39, 0.29) is 12.5 Å². The summed E-state index contributed by atoms with van der Waals surface area (Å²) in [4.78, 5) is 29.8. The van der Waals surface area contributed by atoms with E-state index in [1.54, 1.807) is 11.8 Å². The summed E-state index contributed by atoms with van der Waals surface area (Å²) >= 11 is 0. The molecule has 0 bridgehead atoms. The molecule has 0 spiro atoms. The van der Waals surface area contributed by atoms with E-state index in [1.165, 1.54) is 0 Å². The number of esters is 1. The Balaban J connectivity index is 1.63. The first-order chi connectivity index (χ1) is 12.6. The number of hydrogen-bond acceptors (Lipinski definition) is 6. The Morgan fingerprint density at radius 2 is 2.15 bits per heavy atom. The number of aromatic nitrogens is 2. The van der Waals surface area contributed by atoms with E-state index >= 15 is 0 Å². The van der Waals surface area contributed by atoms with Crippen molar-refractivity contribution in [1.82, 2.24) is 15.0 Å². The first-order valence-electron chi connectivity index (χ1n) is 8.93. The largest absolute Gasteiger partial charge is 0.459 e. The van der Waals surface area contributed by atoms with Crippen LogP contribution in [-0.2, 0) is 20.7 Å². The lowest BCUT2D eigenvalue weighted by molar-refractivity contribution is -0.160. The standard InChI is InChI=1S/C19H23N3O4/c1-3-25-19(24)18(23)22-10-6-8-14(12-22)11-16-20-17(21-26-16)15-9-5-4-7-13(15)2/h4-5,7,9,14H,3,6,8,10-12H2,1-2H3. The van der Waals surface area contributed by atoms with E-state index in [0.717, 1.165) is 24.0 Å². The monoisotopic (exact) mass is 357 g/mol. The van der Waals surface area contributed by atoms with Crippen LogP contribution in [0.2, 0.25) is 0 Å². The fourth-order valence-electron chi connectivity index (χ4n) is 3.26. The molecule has 7 heteroatoms. The van der Waals surface area contributed by atoms with Crippen molar-refractivity contribution in [3.05, 3.63) is 35.7 Å². The highest BCUT2D eigenvalue weighted by atomic mass is 16.5. The van der Waals surface area contributed by atoms with Crippen LogP contribution in [-0.4, -0.2) is 46.6 Å². The summed E-state index contributed by atoms with van der Waals surface area (Å²) in [6.45, 7) is 4.97. The fraction of sp³-hybridized carbons (Fsp3) is 0.474. The Hall–Kier alpha value is -2.70. The summed E-state index contributed by atoms with van der Waals surface area (Å²) in [7, 11) is 0. The van der Waals surface area contributed by atoms with Gasteiger partial charge < -0.3 is 14.2 Å². The number of amides is 1. The van der Waals surface area contributed by atoms with Crippen molar-refractivity contribution in [1.29, 1.82) is 0 Å². The molecule has 0 aliphatic carbocycles. The van der Waals surface area contributed by atoms with Crippen LogP contribution in [0, 0.1) is 12.8 Å². The molecule has 1 aliphatic heterocycles. The second-order valence-electron chi connectivity index (χ2n) is 6.51. The molecule has 138 valence electrons. The maximum atomic E-state index is 12.1. The minimum absolute atomic E-state index is 0.187. The maximum absolute atomic E-state index is 12.1. The van der Waals surface area contributed by atoms with E-state index < -0.39 is 11.9 Å². The molecule has 2 heterocycles. The molecule has 7 nitrogen and oxygen atoms in total. The summed E-state index contributed by atoms with van der Waals surface area (Å²) in [6.07, 6.45) is 2.38. The Morgan fingerprint density at radius 1 is 1.35 bits per heavy atom. The van der Waals surface area contributed by atoms with Gasteiger partial charge in [0.05, 0.1) is 6.61 Å². The molecule has 1 saturated heterocycles. The summed E-state index contributed by atoms with van der Waals surface area (Å²) in [5.41, 5.74) is 2.04. The van der Waals surface area contributed by atoms with Crippen molar-refractivity contribution in [3.8, 4) is 11.4 Å². The van der Waals surface area contributed by atoms with E-state index in [2.05, 4.69) is 10.1 Å². The number of aryl methyl sites for hydroxylation is 1. The van der Waals surface area contributed by atoms with E-state index in [0.29, 0.717) is 31.2 Å². The Kier molecular flexibility index (Phi) is 5.65. The van der Waals surface area contributed by atoms with Crippen molar-refractivity contribution in [2.75, 3.05) is 19.7 Å². The van der Waals surface area contributed by atoms with Gasteiger partial charge in [0.1, 0.15) is 0 Å². The number of likely N-dealkylation sites (tertiary alicyclic amines) is 1. The molecule has 1 aromatic heterocycles. The highest BCUT2D eigenvalue weighted by molar-refractivity contribution is 6.32. The minimum atomic E-state index is -0.784. The van der Waals surface area contributed by atoms with Gasteiger partial charge in [0.25, 0.3) is 0 Å². The van der Waals surface area contributed by atoms with Gasteiger partial charge >= 0.3 is 11.9 Å². The third kappa shape index (κ3) is 4.09. The van der Waals surface area contributed by atoms with Gasteiger partial charge in [-0.05, 0) is 38.2 Å². The molecule has 1 amide bonds. The first kappa shape index (κ1) is 18.1. The number of piperidine rings is 1. The van der Waals surface area contributed by atoms with Crippen LogP contribution in [0.15, 0.2) is 28.8 Å². The average molecular weight is 357 g/mol. The predicted octanol–water partition coefficient (Wildman–Crippen LogP) is 2.39. The summed E-state index contributed by atoms with van der Waals surface area (Å²) in [5, 5.41) is 4.08.